The minimum atomic E-state index is -0.255. The number of fused-ring (bicyclic) bond motifs is 5. The van der Waals surface area contributed by atoms with E-state index in [9.17, 15) is 4.39 Å². The van der Waals surface area contributed by atoms with Crippen LogP contribution in [0.15, 0.2) is 182 Å². The first-order valence-electron chi connectivity index (χ1n) is 16.6. The Balaban J connectivity index is 1.05. The molecule has 49 heavy (non-hydrogen) atoms. The molecule has 0 spiro atoms. The van der Waals surface area contributed by atoms with Gasteiger partial charge in [-0.05, 0) is 85.6 Å². The van der Waals surface area contributed by atoms with Crippen LogP contribution in [-0.2, 0) is 0 Å². The predicted molar refractivity (Wildman–Crippen MR) is 204 cm³/mol. The van der Waals surface area contributed by atoms with Crippen LogP contribution >= 0.6 is 0 Å². The lowest BCUT2D eigenvalue weighted by Gasteiger charge is -2.14. The zero-order valence-electron chi connectivity index (χ0n) is 26.6. The van der Waals surface area contributed by atoms with Gasteiger partial charge in [0.1, 0.15) is 5.82 Å². The highest BCUT2D eigenvalue weighted by Gasteiger charge is 2.14. The summed E-state index contributed by atoms with van der Waals surface area (Å²) >= 11 is 0. The van der Waals surface area contributed by atoms with Gasteiger partial charge in [0.15, 0.2) is 0 Å². The van der Waals surface area contributed by atoms with E-state index in [-0.39, 0.29) is 5.82 Å². The Morgan fingerprint density at radius 3 is 1.37 bits per heavy atom. The van der Waals surface area contributed by atoms with Crippen LogP contribution < -0.4 is 0 Å². The summed E-state index contributed by atoms with van der Waals surface area (Å²) in [6.07, 6.45) is 0. The summed E-state index contributed by atoms with van der Waals surface area (Å²) in [5.41, 5.74) is 12.1. The molecular formula is C47H30FN. The van der Waals surface area contributed by atoms with Crippen LogP contribution in [0.3, 0.4) is 0 Å². The Hall–Kier alpha value is -6.38. The Kier molecular flexibility index (Phi) is 7.06. The number of nitrogens with zero attached hydrogens (tertiary/aromatic N) is 1. The van der Waals surface area contributed by atoms with E-state index in [1.54, 1.807) is 0 Å². The van der Waals surface area contributed by atoms with Crippen molar-refractivity contribution in [1.82, 2.24) is 4.98 Å². The Morgan fingerprint density at radius 1 is 0.327 bits per heavy atom. The summed E-state index contributed by atoms with van der Waals surface area (Å²) in [6.45, 7) is 0. The number of pyridine rings is 1. The molecule has 0 atom stereocenters. The average Bonchev–Trinajstić information content (AvgIpc) is 3.18. The van der Waals surface area contributed by atoms with Gasteiger partial charge in [-0.15, -0.1) is 0 Å². The molecule has 1 nitrogen and oxygen atoms in total. The first kappa shape index (κ1) is 28.8. The molecule has 2 heteroatoms. The third-order valence-electron chi connectivity index (χ3n) is 9.56. The molecule has 9 aromatic rings. The van der Waals surface area contributed by atoms with E-state index in [1.165, 1.54) is 61.7 Å². The maximum absolute atomic E-state index is 13.9. The van der Waals surface area contributed by atoms with Crippen molar-refractivity contribution in [2.24, 2.45) is 0 Å². The van der Waals surface area contributed by atoms with Gasteiger partial charge in [0.2, 0.25) is 0 Å². The number of halogens is 1. The van der Waals surface area contributed by atoms with Crippen molar-refractivity contribution in [3.8, 4) is 55.8 Å². The van der Waals surface area contributed by atoms with Crippen LogP contribution in [-0.4, -0.2) is 4.98 Å². The van der Waals surface area contributed by atoms with E-state index in [4.69, 9.17) is 4.98 Å². The second-order valence-electron chi connectivity index (χ2n) is 12.5. The van der Waals surface area contributed by atoms with Crippen LogP contribution in [0.2, 0.25) is 0 Å². The van der Waals surface area contributed by atoms with Crippen molar-refractivity contribution < 1.29 is 4.39 Å². The molecule has 0 bridgehead atoms. The summed E-state index contributed by atoms with van der Waals surface area (Å²) in [5, 5.41) is 5.70. The maximum atomic E-state index is 13.9. The van der Waals surface area contributed by atoms with Crippen molar-refractivity contribution >= 4 is 32.4 Å². The molecule has 0 aliphatic carbocycles. The average molecular weight is 628 g/mol. The van der Waals surface area contributed by atoms with E-state index in [0.29, 0.717) is 0 Å². The van der Waals surface area contributed by atoms with E-state index < -0.39 is 0 Å². The first-order valence-corrected chi connectivity index (χ1v) is 16.6. The van der Waals surface area contributed by atoms with Crippen molar-refractivity contribution in [2.45, 2.75) is 0 Å². The molecule has 0 N–H and O–H groups in total. The Bertz CT molecular complexity index is 2610. The van der Waals surface area contributed by atoms with Gasteiger partial charge < -0.3 is 0 Å². The second kappa shape index (κ2) is 12.0. The summed E-state index contributed by atoms with van der Waals surface area (Å²) in [5.74, 6) is -0.255. The molecule has 0 fully saturated rings. The van der Waals surface area contributed by atoms with E-state index in [1.807, 2.05) is 18.2 Å². The summed E-state index contributed by atoms with van der Waals surface area (Å²) in [4.78, 5) is 5.19. The van der Waals surface area contributed by atoms with Gasteiger partial charge in [-0.2, -0.15) is 0 Å². The SMILES string of the molecule is Fc1ccc(-c2nc3cc(-c4ccc(-c5ccc(-c6ccc(-c7ccccc7)cc6)cc5)cc4)ccc3c3c2ccc2ccccc23)cc1. The highest BCUT2D eigenvalue weighted by molar-refractivity contribution is 6.22. The monoisotopic (exact) mass is 627 g/mol. The first-order chi connectivity index (χ1) is 24.2. The molecular weight excluding hydrogens is 598 g/mol. The molecule has 0 saturated heterocycles. The van der Waals surface area contributed by atoms with E-state index in [2.05, 4.69) is 152 Å². The zero-order chi connectivity index (χ0) is 32.7. The van der Waals surface area contributed by atoms with Crippen molar-refractivity contribution in [3.05, 3.63) is 188 Å². The molecule has 1 heterocycles. The second-order valence-corrected chi connectivity index (χ2v) is 12.5. The zero-order valence-corrected chi connectivity index (χ0v) is 26.6. The molecule has 230 valence electrons. The summed E-state index contributed by atoms with van der Waals surface area (Å²) < 4.78 is 13.9. The van der Waals surface area contributed by atoms with Crippen molar-refractivity contribution in [3.63, 3.8) is 0 Å². The van der Waals surface area contributed by atoms with Gasteiger partial charge in [-0.3, -0.25) is 0 Å². The Labute approximate surface area is 284 Å². The minimum absolute atomic E-state index is 0.255. The molecule has 0 unspecified atom stereocenters. The Morgan fingerprint density at radius 2 is 0.776 bits per heavy atom. The van der Waals surface area contributed by atoms with E-state index >= 15 is 0 Å². The molecule has 8 aromatic carbocycles. The number of hydrogen-bond acceptors (Lipinski definition) is 1. The third kappa shape index (κ3) is 5.34. The fraction of sp³-hybridized carbons (Fsp3) is 0. The lowest BCUT2D eigenvalue weighted by molar-refractivity contribution is 0.628. The quantitative estimate of drug-likeness (QED) is 0.173. The van der Waals surface area contributed by atoms with Crippen molar-refractivity contribution in [2.75, 3.05) is 0 Å². The maximum Gasteiger partial charge on any atom is 0.123 e. The van der Waals surface area contributed by atoms with Crippen LogP contribution in [0.5, 0.6) is 0 Å². The number of hydrogen-bond donors (Lipinski definition) is 0. The molecule has 9 rings (SSSR count). The predicted octanol–water partition coefficient (Wildman–Crippen LogP) is 13.0. The van der Waals surface area contributed by atoms with E-state index in [0.717, 1.165) is 38.7 Å². The fourth-order valence-corrected chi connectivity index (χ4v) is 6.98. The lowest BCUT2D eigenvalue weighted by atomic mass is 9.93. The number of benzene rings is 8. The molecule has 0 radical (unpaired) electrons. The van der Waals surface area contributed by atoms with Gasteiger partial charge in [0, 0.05) is 21.7 Å². The van der Waals surface area contributed by atoms with Gasteiger partial charge in [0.25, 0.3) is 0 Å². The standard InChI is InChI=1S/C47H30FN/c48-41-26-22-39(23-27-41)47-44-29-24-38-8-4-5-9-42(38)46(44)43-28-25-40(30-45(43)49-47)37-20-18-36(19-21-37)35-16-14-34(15-17-35)33-12-10-32(11-13-33)31-6-2-1-3-7-31/h1-30H. The summed E-state index contributed by atoms with van der Waals surface area (Å²) in [7, 11) is 0. The molecule has 0 saturated carbocycles. The lowest BCUT2D eigenvalue weighted by Crippen LogP contribution is -1.92. The van der Waals surface area contributed by atoms with Crippen LogP contribution in [0.25, 0.3) is 88.2 Å². The molecule has 0 aliphatic heterocycles. The van der Waals surface area contributed by atoms with Gasteiger partial charge >= 0.3 is 0 Å². The van der Waals surface area contributed by atoms with Crippen molar-refractivity contribution in [1.29, 1.82) is 0 Å². The van der Waals surface area contributed by atoms with Gasteiger partial charge in [0.05, 0.1) is 11.2 Å². The van der Waals surface area contributed by atoms with Crippen LogP contribution in [0, 0.1) is 5.82 Å². The molecule has 0 aliphatic rings. The van der Waals surface area contributed by atoms with Crippen LogP contribution in [0.4, 0.5) is 4.39 Å². The topological polar surface area (TPSA) is 12.9 Å². The number of rotatable bonds is 5. The third-order valence-corrected chi connectivity index (χ3v) is 9.56. The molecule has 0 amide bonds. The van der Waals surface area contributed by atoms with Crippen LogP contribution in [0.1, 0.15) is 0 Å². The van der Waals surface area contributed by atoms with Gasteiger partial charge in [-0.25, -0.2) is 9.37 Å². The largest absolute Gasteiger partial charge is 0.247 e. The van der Waals surface area contributed by atoms with Gasteiger partial charge in [-0.1, -0.05) is 152 Å². The highest BCUT2D eigenvalue weighted by Crippen LogP contribution is 2.38. The number of aromatic nitrogens is 1. The fourth-order valence-electron chi connectivity index (χ4n) is 6.98. The minimum Gasteiger partial charge on any atom is -0.247 e. The smallest absolute Gasteiger partial charge is 0.123 e. The summed E-state index contributed by atoms with van der Waals surface area (Å²) in [6, 6.07) is 62.7. The normalized spacial score (nSPS) is 11.4. The highest BCUT2D eigenvalue weighted by atomic mass is 19.1. The molecule has 1 aromatic heterocycles.